The molecule has 0 saturated heterocycles. The van der Waals surface area contributed by atoms with Crippen LogP contribution in [-0.2, 0) is 0 Å². The van der Waals surface area contributed by atoms with E-state index in [1.807, 2.05) is 36.4 Å². The lowest BCUT2D eigenvalue weighted by molar-refractivity contribution is 0.420. The number of nitrogens with zero attached hydrogens (tertiary/aromatic N) is 3. The Morgan fingerprint density at radius 2 is 1.96 bits per heavy atom. The molecule has 0 aliphatic carbocycles. The third-order valence-electron chi connectivity index (χ3n) is 2.94. The molecule has 2 aromatic carbocycles. The summed E-state index contributed by atoms with van der Waals surface area (Å²) in [6, 6.07) is 16.5. The van der Waals surface area contributed by atoms with Crippen molar-refractivity contribution in [1.82, 2.24) is 9.97 Å². The van der Waals surface area contributed by atoms with Crippen LogP contribution < -0.4 is 10.2 Å². The van der Waals surface area contributed by atoms with Gasteiger partial charge in [-0.2, -0.15) is 14.5 Å². The summed E-state index contributed by atoms with van der Waals surface area (Å²) in [6.45, 7) is 0. The van der Waals surface area contributed by atoms with E-state index in [0.717, 1.165) is 17.4 Å². The Morgan fingerprint density at radius 1 is 1.12 bits per heavy atom. The first kappa shape index (κ1) is 15.9. The van der Waals surface area contributed by atoms with Crippen LogP contribution in [0, 0.1) is 5.82 Å². The predicted molar refractivity (Wildman–Crippen MR) is 91.2 cm³/mol. The Morgan fingerprint density at radius 3 is 2.79 bits per heavy atom. The molecule has 0 fully saturated rings. The van der Waals surface area contributed by atoms with Gasteiger partial charge in [0.2, 0.25) is 11.1 Å². The molecule has 0 aliphatic heterocycles. The molecular formula is C17H12ClFN4O. The number of halogens is 2. The molecule has 1 heterocycles. The number of rotatable bonds is 5. The molecule has 0 atom stereocenters. The quantitative estimate of drug-likeness (QED) is 0.421. The van der Waals surface area contributed by atoms with Crippen molar-refractivity contribution in [3.63, 3.8) is 0 Å². The van der Waals surface area contributed by atoms with Gasteiger partial charge in [0.1, 0.15) is 5.75 Å². The minimum atomic E-state index is -0.691. The Bertz CT molecular complexity index is 858. The van der Waals surface area contributed by atoms with Gasteiger partial charge in [-0.3, -0.25) is 5.43 Å². The van der Waals surface area contributed by atoms with Crippen LogP contribution in [0.3, 0.4) is 0 Å². The summed E-state index contributed by atoms with van der Waals surface area (Å²) in [7, 11) is 0. The maximum Gasteiger partial charge on any atom is 0.260 e. The molecule has 0 amide bonds. The van der Waals surface area contributed by atoms with E-state index in [2.05, 4.69) is 20.5 Å². The summed E-state index contributed by atoms with van der Waals surface area (Å²) >= 11 is 5.64. The number of hydrazone groups is 1. The predicted octanol–water partition coefficient (Wildman–Crippen LogP) is 4.51. The van der Waals surface area contributed by atoms with Crippen LogP contribution in [0.4, 0.5) is 10.1 Å². The van der Waals surface area contributed by atoms with Gasteiger partial charge in [-0.15, -0.1) is 0 Å². The highest BCUT2D eigenvalue weighted by molar-refractivity contribution is 6.28. The fourth-order valence-electron chi connectivity index (χ4n) is 1.87. The lowest BCUT2D eigenvalue weighted by atomic mass is 10.2. The third kappa shape index (κ3) is 4.27. The average molecular weight is 343 g/mol. The fraction of sp³-hybridized carbons (Fsp3) is 0. The number of anilines is 1. The number of nitrogens with one attached hydrogen (secondary N) is 1. The smallest absolute Gasteiger partial charge is 0.260 e. The van der Waals surface area contributed by atoms with Gasteiger partial charge < -0.3 is 4.74 Å². The first-order valence-corrected chi connectivity index (χ1v) is 7.38. The summed E-state index contributed by atoms with van der Waals surface area (Å²) in [4.78, 5) is 7.25. The van der Waals surface area contributed by atoms with Crippen LogP contribution in [0.2, 0.25) is 5.28 Å². The van der Waals surface area contributed by atoms with Crippen LogP contribution in [0.5, 0.6) is 11.6 Å². The Labute approximate surface area is 142 Å². The topological polar surface area (TPSA) is 59.4 Å². The molecule has 1 aromatic heterocycles. The maximum atomic E-state index is 13.6. The zero-order valence-corrected chi connectivity index (χ0v) is 13.1. The van der Waals surface area contributed by atoms with E-state index in [9.17, 15) is 4.39 Å². The van der Waals surface area contributed by atoms with Crippen LogP contribution >= 0.6 is 11.6 Å². The van der Waals surface area contributed by atoms with E-state index in [-0.39, 0.29) is 11.2 Å². The van der Waals surface area contributed by atoms with Gasteiger partial charge in [0, 0.05) is 0 Å². The highest BCUT2D eigenvalue weighted by Crippen LogP contribution is 2.23. The van der Waals surface area contributed by atoms with Crippen LogP contribution in [0.1, 0.15) is 5.56 Å². The second kappa shape index (κ2) is 7.52. The minimum Gasteiger partial charge on any atom is -0.436 e. The molecule has 24 heavy (non-hydrogen) atoms. The van der Waals surface area contributed by atoms with Crippen molar-refractivity contribution in [2.75, 3.05) is 5.43 Å². The van der Waals surface area contributed by atoms with Gasteiger partial charge in [0.25, 0.3) is 5.88 Å². The lowest BCUT2D eigenvalue weighted by Gasteiger charge is -2.06. The molecule has 0 spiro atoms. The molecule has 0 unspecified atom stereocenters. The number of aromatic nitrogens is 2. The second-order valence-corrected chi connectivity index (χ2v) is 5.04. The number of ether oxygens (including phenoxy) is 1. The summed E-state index contributed by atoms with van der Waals surface area (Å²) in [5.74, 6) is -0.511. The van der Waals surface area contributed by atoms with E-state index >= 15 is 0 Å². The zero-order valence-electron chi connectivity index (χ0n) is 12.4. The lowest BCUT2D eigenvalue weighted by Crippen LogP contribution is -1.95. The molecule has 0 radical (unpaired) electrons. The summed E-state index contributed by atoms with van der Waals surface area (Å²) in [6.07, 6.45) is 2.59. The van der Waals surface area contributed by atoms with Crippen molar-refractivity contribution < 1.29 is 9.13 Å². The van der Waals surface area contributed by atoms with Crippen LogP contribution in [-0.4, -0.2) is 16.2 Å². The molecule has 3 rings (SSSR count). The Hall–Kier alpha value is -2.99. The number of hydrogen-bond donors (Lipinski definition) is 1. The molecule has 5 nitrogen and oxygen atoms in total. The first-order valence-electron chi connectivity index (χ1n) is 7.01. The third-order valence-corrected chi connectivity index (χ3v) is 3.12. The van der Waals surface area contributed by atoms with Gasteiger partial charge in [-0.05, 0) is 41.4 Å². The first-order chi connectivity index (χ1) is 11.7. The standard InChI is InChI=1S/C17H12ClFN4O/c18-17-20-11-15(19)16(22-17)24-14-8-4-5-12(9-14)10-21-23-13-6-2-1-3-7-13/h1-11,23H/b21-10-. The van der Waals surface area contributed by atoms with E-state index in [4.69, 9.17) is 16.3 Å². The minimum absolute atomic E-state index is 0.0869. The van der Waals surface area contributed by atoms with Crippen LogP contribution in [0.25, 0.3) is 0 Å². The Kier molecular flexibility index (Phi) is 4.98. The number of para-hydroxylation sites is 1. The largest absolute Gasteiger partial charge is 0.436 e. The SMILES string of the molecule is Fc1cnc(Cl)nc1Oc1cccc(/C=N\Nc2ccccc2)c1. The zero-order chi connectivity index (χ0) is 16.8. The van der Waals surface area contributed by atoms with Gasteiger partial charge in [-0.25, -0.2) is 4.98 Å². The molecule has 120 valence electrons. The molecule has 0 bridgehead atoms. The summed E-state index contributed by atoms with van der Waals surface area (Å²) in [5, 5.41) is 4.05. The second-order valence-electron chi connectivity index (χ2n) is 4.70. The van der Waals surface area contributed by atoms with Crippen LogP contribution in [0.15, 0.2) is 65.9 Å². The van der Waals surface area contributed by atoms with Crippen molar-refractivity contribution in [3.05, 3.63) is 77.5 Å². The fourth-order valence-corrected chi connectivity index (χ4v) is 1.99. The molecular weight excluding hydrogens is 331 g/mol. The summed E-state index contributed by atoms with van der Waals surface area (Å²) in [5.41, 5.74) is 4.56. The van der Waals surface area contributed by atoms with E-state index in [1.165, 1.54) is 0 Å². The molecule has 7 heteroatoms. The van der Waals surface area contributed by atoms with Crippen molar-refractivity contribution in [1.29, 1.82) is 0 Å². The van der Waals surface area contributed by atoms with E-state index in [1.54, 1.807) is 24.4 Å². The molecule has 0 saturated carbocycles. The van der Waals surface area contributed by atoms with Crippen molar-refractivity contribution >= 4 is 23.5 Å². The van der Waals surface area contributed by atoms with Gasteiger partial charge in [0.15, 0.2) is 0 Å². The number of benzene rings is 2. The van der Waals surface area contributed by atoms with Crippen molar-refractivity contribution in [2.24, 2.45) is 5.10 Å². The molecule has 0 aliphatic rings. The maximum absolute atomic E-state index is 13.6. The van der Waals surface area contributed by atoms with Crippen molar-refractivity contribution in [2.45, 2.75) is 0 Å². The molecule has 1 N–H and O–H groups in total. The Balaban J connectivity index is 1.71. The van der Waals surface area contributed by atoms with Gasteiger partial charge in [-0.1, -0.05) is 30.3 Å². The average Bonchev–Trinajstić information content (AvgIpc) is 2.60. The van der Waals surface area contributed by atoms with Gasteiger partial charge in [0.05, 0.1) is 18.1 Å². The van der Waals surface area contributed by atoms with Crippen molar-refractivity contribution in [3.8, 4) is 11.6 Å². The van der Waals surface area contributed by atoms with Gasteiger partial charge >= 0.3 is 0 Å². The number of hydrogen-bond acceptors (Lipinski definition) is 5. The molecule has 3 aromatic rings. The van der Waals surface area contributed by atoms with E-state index in [0.29, 0.717) is 5.75 Å². The normalized spacial score (nSPS) is 10.8. The monoisotopic (exact) mass is 342 g/mol. The van der Waals surface area contributed by atoms with E-state index < -0.39 is 5.82 Å². The highest BCUT2D eigenvalue weighted by Gasteiger charge is 2.08. The highest BCUT2D eigenvalue weighted by atomic mass is 35.5. The summed E-state index contributed by atoms with van der Waals surface area (Å²) < 4.78 is 19.0.